The van der Waals surface area contributed by atoms with E-state index in [4.69, 9.17) is 0 Å². The summed E-state index contributed by atoms with van der Waals surface area (Å²) in [6, 6.07) is 2.84. The molecule has 0 spiro atoms. The monoisotopic (exact) mass is 597 g/mol. The van der Waals surface area contributed by atoms with Gasteiger partial charge in [-0.25, -0.2) is 23.5 Å². The van der Waals surface area contributed by atoms with Gasteiger partial charge in [-0.3, -0.25) is 4.79 Å². The summed E-state index contributed by atoms with van der Waals surface area (Å²) in [7, 11) is 11.4. The van der Waals surface area contributed by atoms with Gasteiger partial charge in [0.05, 0.1) is 33.1 Å². The SMILES string of the molecule is BC(B)(B)Nc1cc(F)c(F)c2c1[nH]c1ncc(-c3cnc4c(c3)c(=O)c(C(=O)O)cn4C)c(N3CCC[C@H]3CN(C)C)c12. The first kappa shape index (κ1) is 29.7. The molecule has 4 aromatic heterocycles. The number of anilines is 2. The van der Waals surface area contributed by atoms with Gasteiger partial charge in [0.15, 0.2) is 11.6 Å². The number of hydrogen-bond donors (Lipinski definition) is 3. The summed E-state index contributed by atoms with van der Waals surface area (Å²) in [4.78, 5) is 41.8. The Morgan fingerprint density at radius 2 is 1.95 bits per heavy atom. The Morgan fingerprint density at radius 1 is 1.20 bits per heavy atom. The number of halogens is 2. The van der Waals surface area contributed by atoms with Crippen LogP contribution >= 0.6 is 0 Å². The van der Waals surface area contributed by atoms with Crippen LogP contribution in [0.25, 0.3) is 44.1 Å². The van der Waals surface area contributed by atoms with Crippen LogP contribution in [0.4, 0.5) is 20.2 Å². The molecule has 0 amide bonds. The largest absolute Gasteiger partial charge is 0.477 e. The number of carbonyl (C=O) groups is 1. The average molecular weight is 597 g/mol. The number of aromatic nitrogens is 4. The molecule has 224 valence electrons. The summed E-state index contributed by atoms with van der Waals surface area (Å²) in [5, 5.41) is 13.1. The molecule has 1 fully saturated rings. The number of aromatic amines is 1. The molecule has 0 saturated carbocycles. The minimum Gasteiger partial charge on any atom is -0.477 e. The summed E-state index contributed by atoms with van der Waals surface area (Å²) < 4.78 is 32.7. The molecule has 5 heterocycles. The number of nitrogens with one attached hydrogen (secondary N) is 2. The van der Waals surface area contributed by atoms with Crippen LogP contribution in [-0.4, -0.2) is 97.5 Å². The lowest BCUT2D eigenvalue weighted by Crippen LogP contribution is -2.39. The van der Waals surface area contributed by atoms with Crippen molar-refractivity contribution in [2.45, 2.75) is 24.1 Å². The Labute approximate surface area is 254 Å². The van der Waals surface area contributed by atoms with Crippen LogP contribution in [0, 0.1) is 11.6 Å². The van der Waals surface area contributed by atoms with Gasteiger partial charge in [-0.2, -0.15) is 0 Å². The van der Waals surface area contributed by atoms with E-state index in [2.05, 4.69) is 30.1 Å². The molecular weight excluding hydrogens is 565 g/mol. The molecule has 6 rings (SSSR count). The van der Waals surface area contributed by atoms with E-state index < -0.39 is 28.3 Å². The maximum atomic E-state index is 15.9. The number of nitrogens with zero attached hydrogens (tertiary/aromatic N) is 5. The lowest BCUT2D eigenvalue weighted by molar-refractivity contribution is 0.0695. The first-order chi connectivity index (χ1) is 20.7. The van der Waals surface area contributed by atoms with E-state index in [0.717, 1.165) is 25.5 Å². The van der Waals surface area contributed by atoms with Crippen molar-refractivity contribution in [3.05, 3.63) is 58.1 Å². The number of carboxylic acid groups (broad SMARTS) is 1. The Hall–Kier alpha value is -4.39. The normalized spacial score (nSPS) is 15.7. The zero-order chi connectivity index (χ0) is 31.7. The number of aryl methyl sites for hydroxylation is 1. The fourth-order valence-corrected chi connectivity index (χ4v) is 6.36. The molecule has 1 aliphatic rings. The van der Waals surface area contributed by atoms with E-state index in [1.807, 2.05) is 37.6 Å². The van der Waals surface area contributed by atoms with Crippen molar-refractivity contribution in [2.75, 3.05) is 37.4 Å². The summed E-state index contributed by atoms with van der Waals surface area (Å²) in [6.07, 6.45) is 6.30. The first-order valence-corrected chi connectivity index (χ1v) is 14.5. The minimum atomic E-state index is -1.33. The van der Waals surface area contributed by atoms with E-state index in [1.165, 1.54) is 10.8 Å². The number of aromatic carboxylic acids is 1. The Bertz CT molecular complexity index is 2040. The predicted octanol–water partition coefficient (Wildman–Crippen LogP) is 1.06. The van der Waals surface area contributed by atoms with Crippen LogP contribution in [0.15, 0.2) is 35.5 Å². The number of hydrogen-bond acceptors (Lipinski definition) is 7. The summed E-state index contributed by atoms with van der Waals surface area (Å²) >= 11 is 0. The number of benzene rings is 1. The number of likely N-dealkylation sites (N-methyl/N-ethyl adjacent to an activating group) is 1. The van der Waals surface area contributed by atoms with Crippen molar-refractivity contribution in [3.8, 4) is 11.1 Å². The van der Waals surface area contributed by atoms with Crippen LogP contribution in [0.3, 0.4) is 0 Å². The third-order valence-corrected chi connectivity index (χ3v) is 8.07. The van der Waals surface area contributed by atoms with Crippen LogP contribution < -0.4 is 15.6 Å². The summed E-state index contributed by atoms with van der Waals surface area (Å²) in [5.74, 6) is -3.29. The number of carboxylic acids is 1. The van der Waals surface area contributed by atoms with Crippen LogP contribution in [-0.2, 0) is 7.05 Å². The van der Waals surface area contributed by atoms with Gasteiger partial charge in [-0.05, 0) is 38.2 Å². The standard InChI is InChI=1S/C29H32B3F2N7O3/c1-39(2)11-14-5-4-6-41(14)24-16(13-7-15-25(42)17(28(43)44)12-40(3)27(15)36-9-13)10-35-26-21(24)20-22(34)18(33)8-19(23(20)37-26)38-29(30,31)32/h7-10,12,14,38H,4-6,11,30-32H2,1-3H3,(H,35,37)(H,43,44)/t14-/m0/s1. The highest BCUT2D eigenvalue weighted by Gasteiger charge is 2.32. The Kier molecular flexibility index (Phi) is 7.18. The van der Waals surface area contributed by atoms with Crippen molar-refractivity contribution in [1.82, 2.24) is 24.4 Å². The smallest absolute Gasteiger partial charge is 0.341 e. The molecule has 1 aromatic carbocycles. The molecule has 1 atom stereocenters. The van der Waals surface area contributed by atoms with Crippen molar-refractivity contribution in [2.24, 2.45) is 7.05 Å². The molecular formula is C29H32B3F2N7O3. The molecule has 3 N–H and O–H groups in total. The van der Waals surface area contributed by atoms with Gasteiger partial charge in [-0.15, -0.1) is 0 Å². The number of rotatable bonds is 7. The molecule has 0 radical (unpaired) electrons. The molecule has 5 aromatic rings. The maximum absolute atomic E-state index is 15.9. The molecule has 1 saturated heterocycles. The van der Waals surface area contributed by atoms with E-state index >= 15 is 8.78 Å². The number of H-pyrrole nitrogens is 1. The third kappa shape index (κ3) is 4.98. The van der Waals surface area contributed by atoms with Crippen molar-refractivity contribution < 1.29 is 18.7 Å². The maximum Gasteiger partial charge on any atom is 0.341 e. The molecule has 0 bridgehead atoms. The second kappa shape index (κ2) is 10.7. The summed E-state index contributed by atoms with van der Waals surface area (Å²) in [5.41, 5.74) is 2.26. The van der Waals surface area contributed by atoms with E-state index in [0.29, 0.717) is 51.2 Å². The van der Waals surface area contributed by atoms with Gasteiger partial charge in [-0.1, -0.05) is 0 Å². The molecule has 15 heteroatoms. The van der Waals surface area contributed by atoms with Gasteiger partial charge in [0, 0.05) is 62.0 Å². The predicted molar refractivity (Wildman–Crippen MR) is 177 cm³/mol. The third-order valence-electron chi connectivity index (χ3n) is 8.07. The molecule has 0 unspecified atom stereocenters. The van der Waals surface area contributed by atoms with Crippen molar-refractivity contribution >= 4 is 73.9 Å². The van der Waals surface area contributed by atoms with Crippen LogP contribution in [0.2, 0.25) is 0 Å². The van der Waals surface area contributed by atoms with E-state index in [9.17, 15) is 14.7 Å². The number of fused-ring (bicyclic) bond motifs is 4. The van der Waals surface area contributed by atoms with E-state index in [-0.39, 0.29) is 22.4 Å². The van der Waals surface area contributed by atoms with Gasteiger partial charge in [0.1, 0.15) is 40.4 Å². The quantitative estimate of drug-likeness (QED) is 0.239. The van der Waals surface area contributed by atoms with Crippen LogP contribution in [0.1, 0.15) is 23.2 Å². The zero-order valence-corrected chi connectivity index (χ0v) is 25.5. The first-order valence-electron chi connectivity index (χ1n) is 14.5. The van der Waals surface area contributed by atoms with Gasteiger partial charge in [0.25, 0.3) is 0 Å². The summed E-state index contributed by atoms with van der Waals surface area (Å²) in [6.45, 7) is 1.41. The van der Waals surface area contributed by atoms with E-state index in [1.54, 1.807) is 25.5 Å². The Morgan fingerprint density at radius 3 is 2.64 bits per heavy atom. The fraction of sp³-hybridized carbons (Fsp3) is 0.310. The minimum absolute atomic E-state index is 0.0722. The average Bonchev–Trinajstić information content (AvgIpc) is 3.56. The van der Waals surface area contributed by atoms with Gasteiger partial charge in [0.2, 0.25) is 5.43 Å². The zero-order valence-electron chi connectivity index (χ0n) is 25.5. The van der Waals surface area contributed by atoms with Crippen molar-refractivity contribution in [1.29, 1.82) is 0 Å². The highest BCUT2D eigenvalue weighted by atomic mass is 19.2. The fourth-order valence-electron chi connectivity index (χ4n) is 6.36. The second-order valence-corrected chi connectivity index (χ2v) is 12.8. The Balaban J connectivity index is 1.71. The highest BCUT2D eigenvalue weighted by Crippen LogP contribution is 2.45. The highest BCUT2D eigenvalue weighted by molar-refractivity contribution is 6.60. The van der Waals surface area contributed by atoms with Crippen LogP contribution in [0.5, 0.6) is 0 Å². The topological polar surface area (TPSA) is 119 Å². The van der Waals surface area contributed by atoms with Crippen molar-refractivity contribution in [3.63, 3.8) is 0 Å². The number of pyridine rings is 3. The lowest BCUT2D eigenvalue weighted by atomic mass is 9.49. The second-order valence-electron chi connectivity index (χ2n) is 12.8. The van der Waals surface area contributed by atoms with Gasteiger partial charge >= 0.3 is 5.97 Å². The van der Waals surface area contributed by atoms with Gasteiger partial charge < -0.3 is 29.8 Å². The lowest BCUT2D eigenvalue weighted by Gasteiger charge is -2.31. The molecule has 10 nitrogen and oxygen atoms in total. The molecule has 44 heavy (non-hydrogen) atoms. The molecule has 0 aliphatic carbocycles. The molecule has 1 aliphatic heterocycles.